The molecule has 0 bridgehead atoms. The lowest BCUT2D eigenvalue weighted by Crippen LogP contribution is -2.20. The highest BCUT2D eigenvalue weighted by Gasteiger charge is 2.05. The minimum Gasteiger partial charge on any atom is -0.491 e. The number of unbranched alkanes of at least 4 members (excludes halogenated alkanes) is 9. The van der Waals surface area contributed by atoms with Crippen LogP contribution in [0.15, 0.2) is 30.3 Å². The van der Waals surface area contributed by atoms with Gasteiger partial charge in [0.25, 0.3) is 0 Å². The number of ether oxygens (including phenoxy) is 1. The van der Waals surface area contributed by atoms with Crippen LogP contribution in [0.4, 0.5) is 0 Å². The Kier molecular flexibility index (Phi) is 14.1. The molecule has 24 heavy (non-hydrogen) atoms. The lowest BCUT2D eigenvalue weighted by molar-refractivity contribution is 0.126. The summed E-state index contributed by atoms with van der Waals surface area (Å²) >= 11 is 1.84. The molecule has 0 fully saturated rings. The third kappa shape index (κ3) is 12.7. The summed E-state index contributed by atoms with van der Waals surface area (Å²) in [6, 6.07) is 9.70. The van der Waals surface area contributed by atoms with Gasteiger partial charge < -0.3 is 9.84 Å². The zero-order valence-electron chi connectivity index (χ0n) is 15.4. The molecule has 0 aliphatic rings. The van der Waals surface area contributed by atoms with Gasteiger partial charge in [0.15, 0.2) is 0 Å². The summed E-state index contributed by atoms with van der Waals surface area (Å²) in [5, 5.41) is 9.93. The third-order valence-electron chi connectivity index (χ3n) is 4.14. The van der Waals surface area contributed by atoms with E-state index in [1.165, 1.54) is 64.2 Å². The van der Waals surface area contributed by atoms with Gasteiger partial charge in [0.05, 0.1) is 6.10 Å². The number of benzene rings is 1. The Hall–Kier alpha value is -0.670. The maximum Gasteiger partial charge on any atom is 0.119 e. The van der Waals surface area contributed by atoms with Gasteiger partial charge >= 0.3 is 0 Å². The first-order valence-corrected chi connectivity index (χ1v) is 10.9. The summed E-state index contributed by atoms with van der Waals surface area (Å²) < 4.78 is 5.56. The molecule has 0 aliphatic carbocycles. The summed E-state index contributed by atoms with van der Waals surface area (Å²) in [5.74, 6) is 2.75. The van der Waals surface area contributed by atoms with Gasteiger partial charge in [0.2, 0.25) is 0 Å². The molecule has 0 heterocycles. The molecule has 2 nitrogen and oxygen atoms in total. The predicted octanol–water partition coefficient (Wildman–Crippen LogP) is 6.08. The van der Waals surface area contributed by atoms with Crippen molar-refractivity contribution in [1.82, 2.24) is 0 Å². The Morgan fingerprint density at radius 1 is 0.875 bits per heavy atom. The van der Waals surface area contributed by atoms with E-state index in [1.807, 2.05) is 42.1 Å². The molecule has 0 amide bonds. The first-order chi connectivity index (χ1) is 11.8. The van der Waals surface area contributed by atoms with E-state index >= 15 is 0 Å². The van der Waals surface area contributed by atoms with Gasteiger partial charge in [-0.05, 0) is 24.3 Å². The van der Waals surface area contributed by atoms with Crippen LogP contribution >= 0.6 is 11.8 Å². The van der Waals surface area contributed by atoms with Crippen LogP contribution < -0.4 is 4.74 Å². The van der Waals surface area contributed by atoms with E-state index < -0.39 is 0 Å². The predicted molar refractivity (Wildman–Crippen MR) is 107 cm³/mol. The molecule has 1 N–H and O–H groups in total. The van der Waals surface area contributed by atoms with Crippen molar-refractivity contribution in [1.29, 1.82) is 0 Å². The number of aliphatic hydroxyl groups excluding tert-OH is 1. The van der Waals surface area contributed by atoms with Crippen molar-refractivity contribution >= 4 is 11.8 Å². The molecule has 0 aromatic heterocycles. The standard InChI is InChI=1S/C21H36O2S/c1-2-3-4-5-6-7-8-9-10-14-17-24-19-20(22)18-23-21-15-12-11-13-16-21/h11-13,15-16,20,22H,2-10,14,17-19H2,1H3. The van der Waals surface area contributed by atoms with Crippen molar-refractivity contribution in [3.05, 3.63) is 30.3 Å². The van der Waals surface area contributed by atoms with Crippen LogP contribution in [0.25, 0.3) is 0 Å². The monoisotopic (exact) mass is 352 g/mol. The summed E-state index contributed by atoms with van der Waals surface area (Å²) in [4.78, 5) is 0. The topological polar surface area (TPSA) is 29.5 Å². The second-order valence-electron chi connectivity index (χ2n) is 6.53. The molecule has 3 heteroatoms. The first-order valence-electron chi connectivity index (χ1n) is 9.76. The maximum absolute atomic E-state index is 9.93. The van der Waals surface area contributed by atoms with Gasteiger partial charge in [0, 0.05) is 5.75 Å². The highest BCUT2D eigenvalue weighted by molar-refractivity contribution is 7.99. The summed E-state index contributed by atoms with van der Waals surface area (Å²) in [5.41, 5.74) is 0. The van der Waals surface area contributed by atoms with Crippen LogP contribution in [0, 0.1) is 0 Å². The second-order valence-corrected chi connectivity index (χ2v) is 7.68. The molecular weight excluding hydrogens is 316 g/mol. The van der Waals surface area contributed by atoms with Crippen LogP contribution in [0.2, 0.25) is 0 Å². The molecule has 0 saturated carbocycles. The van der Waals surface area contributed by atoms with Crippen molar-refractivity contribution in [3.63, 3.8) is 0 Å². The van der Waals surface area contributed by atoms with Gasteiger partial charge in [-0.3, -0.25) is 0 Å². The number of thioether (sulfide) groups is 1. The van der Waals surface area contributed by atoms with Gasteiger partial charge in [-0.2, -0.15) is 11.8 Å². The van der Waals surface area contributed by atoms with E-state index in [0.717, 1.165) is 17.3 Å². The second kappa shape index (κ2) is 15.8. The minimum absolute atomic E-state index is 0.377. The lowest BCUT2D eigenvalue weighted by Gasteiger charge is -2.12. The first kappa shape index (κ1) is 21.4. The van der Waals surface area contributed by atoms with E-state index in [2.05, 4.69) is 6.92 Å². The Bertz CT molecular complexity index is 369. The highest BCUT2D eigenvalue weighted by atomic mass is 32.2. The molecule has 1 unspecified atom stereocenters. The zero-order valence-corrected chi connectivity index (χ0v) is 16.2. The van der Waals surface area contributed by atoms with Crippen LogP contribution in [-0.2, 0) is 0 Å². The smallest absolute Gasteiger partial charge is 0.119 e. The fourth-order valence-corrected chi connectivity index (χ4v) is 3.61. The van der Waals surface area contributed by atoms with E-state index in [-0.39, 0.29) is 6.10 Å². The quantitative estimate of drug-likeness (QED) is 0.366. The van der Waals surface area contributed by atoms with Crippen molar-refractivity contribution in [2.24, 2.45) is 0 Å². The summed E-state index contributed by atoms with van der Waals surface area (Å²) in [6.45, 7) is 2.66. The Labute approximate surface area is 153 Å². The van der Waals surface area contributed by atoms with Crippen molar-refractivity contribution < 1.29 is 9.84 Å². The zero-order chi connectivity index (χ0) is 17.3. The number of hydrogen-bond acceptors (Lipinski definition) is 3. The van der Waals surface area contributed by atoms with E-state index in [1.54, 1.807) is 0 Å². The average Bonchev–Trinajstić information content (AvgIpc) is 2.62. The summed E-state index contributed by atoms with van der Waals surface area (Å²) in [6.07, 6.45) is 13.4. The lowest BCUT2D eigenvalue weighted by atomic mass is 10.1. The van der Waals surface area contributed by atoms with Crippen LogP contribution in [0.3, 0.4) is 0 Å². The minimum atomic E-state index is -0.377. The molecule has 0 aliphatic heterocycles. The molecule has 138 valence electrons. The number of rotatable bonds is 16. The molecular formula is C21H36O2S. The van der Waals surface area contributed by atoms with Gasteiger partial charge in [0.1, 0.15) is 12.4 Å². The van der Waals surface area contributed by atoms with Crippen molar-refractivity contribution in [3.8, 4) is 5.75 Å². The molecule has 1 rings (SSSR count). The molecule has 0 spiro atoms. The molecule has 0 saturated heterocycles. The fraction of sp³-hybridized carbons (Fsp3) is 0.714. The van der Waals surface area contributed by atoms with Gasteiger partial charge in [-0.25, -0.2) is 0 Å². The van der Waals surface area contributed by atoms with E-state index in [4.69, 9.17) is 4.74 Å². The largest absolute Gasteiger partial charge is 0.491 e. The molecule has 1 aromatic carbocycles. The van der Waals surface area contributed by atoms with Gasteiger partial charge in [-0.1, -0.05) is 82.9 Å². The van der Waals surface area contributed by atoms with Gasteiger partial charge in [-0.15, -0.1) is 0 Å². The molecule has 0 radical (unpaired) electrons. The molecule has 1 aromatic rings. The van der Waals surface area contributed by atoms with E-state index in [9.17, 15) is 5.11 Å². The highest BCUT2D eigenvalue weighted by Crippen LogP contribution is 2.14. The van der Waals surface area contributed by atoms with Crippen molar-refractivity contribution in [2.45, 2.75) is 77.2 Å². The normalized spacial score (nSPS) is 12.2. The SMILES string of the molecule is CCCCCCCCCCCCSCC(O)COc1ccccc1. The number of hydrogen-bond donors (Lipinski definition) is 1. The van der Waals surface area contributed by atoms with Crippen LogP contribution in [0.1, 0.15) is 71.1 Å². The molecule has 1 atom stereocenters. The van der Waals surface area contributed by atoms with Crippen LogP contribution in [0.5, 0.6) is 5.75 Å². The Morgan fingerprint density at radius 3 is 2.08 bits per heavy atom. The van der Waals surface area contributed by atoms with Crippen LogP contribution in [-0.4, -0.2) is 29.3 Å². The Balaban J connectivity index is 1.81. The summed E-state index contributed by atoms with van der Waals surface area (Å²) in [7, 11) is 0. The fourth-order valence-electron chi connectivity index (χ4n) is 2.67. The number of para-hydroxylation sites is 1. The Morgan fingerprint density at radius 2 is 1.46 bits per heavy atom. The third-order valence-corrected chi connectivity index (χ3v) is 5.34. The average molecular weight is 353 g/mol. The maximum atomic E-state index is 9.93. The van der Waals surface area contributed by atoms with E-state index in [0.29, 0.717) is 6.61 Å². The number of aliphatic hydroxyl groups is 1. The van der Waals surface area contributed by atoms with Crippen molar-refractivity contribution in [2.75, 3.05) is 18.1 Å².